The van der Waals surface area contributed by atoms with Crippen LogP contribution in [0.4, 0.5) is 4.79 Å². The number of hydrogen-bond donors (Lipinski definition) is 3. The van der Waals surface area contributed by atoms with Crippen LogP contribution in [-0.4, -0.2) is 40.7 Å². The van der Waals surface area contributed by atoms with Crippen LogP contribution in [0.15, 0.2) is 0 Å². The second-order valence-corrected chi connectivity index (χ2v) is 6.68. The first-order chi connectivity index (χ1) is 9.48. The lowest BCUT2D eigenvalue weighted by Crippen LogP contribution is -2.49. The maximum absolute atomic E-state index is 11.9. The van der Waals surface area contributed by atoms with Crippen molar-refractivity contribution in [3.8, 4) is 0 Å². The topological polar surface area (TPSA) is 78.4 Å². The standard InChI is InChI=1S/C14H26N2O3S/c1-4-14(5-2,20-3)9-15-13(19)16-11-8-6-7-10(11)12(17)18/h10-11H,4-9H2,1-3H3,(H,17,18)(H2,15,16,19). The molecular weight excluding hydrogens is 276 g/mol. The summed E-state index contributed by atoms with van der Waals surface area (Å²) in [6.45, 7) is 4.85. The molecule has 1 aliphatic carbocycles. The predicted octanol–water partition coefficient (Wildman–Crippen LogP) is 2.46. The zero-order valence-electron chi connectivity index (χ0n) is 12.6. The van der Waals surface area contributed by atoms with Crippen molar-refractivity contribution in [2.75, 3.05) is 12.8 Å². The van der Waals surface area contributed by atoms with Crippen LogP contribution in [0.3, 0.4) is 0 Å². The summed E-state index contributed by atoms with van der Waals surface area (Å²) < 4.78 is 0.0687. The molecule has 0 aromatic heterocycles. The summed E-state index contributed by atoms with van der Waals surface area (Å²) in [5.41, 5.74) is 0. The molecule has 2 amide bonds. The molecule has 116 valence electrons. The molecule has 0 bridgehead atoms. The number of rotatable bonds is 7. The Hall–Kier alpha value is -0.910. The van der Waals surface area contributed by atoms with E-state index in [1.807, 2.05) is 0 Å². The average molecular weight is 302 g/mol. The van der Waals surface area contributed by atoms with Gasteiger partial charge in [-0.25, -0.2) is 4.79 Å². The van der Waals surface area contributed by atoms with Gasteiger partial charge in [0.05, 0.1) is 5.92 Å². The summed E-state index contributed by atoms with van der Waals surface area (Å²) >= 11 is 1.77. The highest BCUT2D eigenvalue weighted by atomic mass is 32.2. The SMILES string of the molecule is CCC(CC)(CNC(=O)NC1CCCC1C(=O)O)SC. The van der Waals surface area contributed by atoms with Gasteiger partial charge in [-0.15, -0.1) is 0 Å². The third-order valence-corrected chi connectivity index (χ3v) is 6.03. The van der Waals surface area contributed by atoms with Crippen molar-refractivity contribution >= 4 is 23.8 Å². The summed E-state index contributed by atoms with van der Waals surface area (Å²) in [4.78, 5) is 23.0. The van der Waals surface area contributed by atoms with Gasteiger partial charge >= 0.3 is 12.0 Å². The average Bonchev–Trinajstić information content (AvgIpc) is 2.89. The lowest BCUT2D eigenvalue weighted by Gasteiger charge is -2.30. The molecule has 3 N–H and O–H groups in total. The van der Waals surface area contributed by atoms with Gasteiger partial charge in [-0.05, 0) is 31.9 Å². The first-order valence-electron chi connectivity index (χ1n) is 7.30. The van der Waals surface area contributed by atoms with Crippen molar-refractivity contribution in [1.29, 1.82) is 0 Å². The molecule has 0 aromatic carbocycles. The van der Waals surface area contributed by atoms with Gasteiger partial charge < -0.3 is 15.7 Å². The number of carboxylic acids is 1. The Morgan fingerprint density at radius 2 is 1.95 bits per heavy atom. The molecule has 1 rings (SSSR count). The molecule has 0 spiro atoms. The zero-order chi connectivity index (χ0) is 15.2. The van der Waals surface area contributed by atoms with E-state index in [2.05, 4.69) is 30.7 Å². The molecule has 20 heavy (non-hydrogen) atoms. The Balaban J connectivity index is 2.46. The molecule has 0 aliphatic heterocycles. The molecule has 1 aliphatic rings. The zero-order valence-corrected chi connectivity index (χ0v) is 13.4. The van der Waals surface area contributed by atoms with Crippen LogP contribution in [-0.2, 0) is 4.79 Å². The van der Waals surface area contributed by atoms with Gasteiger partial charge in [0, 0.05) is 17.3 Å². The number of nitrogens with one attached hydrogen (secondary N) is 2. The van der Waals surface area contributed by atoms with Crippen LogP contribution in [0.25, 0.3) is 0 Å². The van der Waals surface area contributed by atoms with Crippen molar-refractivity contribution < 1.29 is 14.7 Å². The Bertz CT molecular complexity index is 337. The van der Waals surface area contributed by atoms with Gasteiger partial charge in [-0.1, -0.05) is 20.3 Å². The quantitative estimate of drug-likeness (QED) is 0.675. The minimum atomic E-state index is -0.812. The van der Waals surface area contributed by atoms with Crippen molar-refractivity contribution in [3.63, 3.8) is 0 Å². The van der Waals surface area contributed by atoms with E-state index in [9.17, 15) is 9.59 Å². The number of thioether (sulfide) groups is 1. The highest BCUT2D eigenvalue weighted by molar-refractivity contribution is 8.00. The molecule has 5 nitrogen and oxygen atoms in total. The summed E-state index contributed by atoms with van der Waals surface area (Å²) in [5, 5.41) is 14.8. The number of urea groups is 1. The van der Waals surface area contributed by atoms with E-state index in [4.69, 9.17) is 5.11 Å². The fourth-order valence-corrected chi connectivity index (χ4v) is 3.54. The van der Waals surface area contributed by atoms with E-state index in [0.29, 0.717) is 13.0 Å². The molecule has 1 fully saturated rings. The molecule has 0 aromatic rings. The van der Waals surface area contributed by atoms with Crippen LogP contribution in [0.2, 0.25) is 0 Å². The monoisotopic (exact) mass is 302 g/mol. The first-order valence-corrected chi connectivity index (χ1v) is 8.52. The van der Waals surface area contributed by atoms with Crippen LogP contribution >= 0.6 is 11.8 Å². The molecule has 2 atom stereocenters. The normalized spacial score (nSPS) is 22.6. The van der Waals surface area contributed by atoms with E-state index in [1.165, 1.54) is 0 Å². The largest absolute Gasteiger partial charge is 0.481 e. The van der Waals surface area contributed by atoms with Gasteiger partial charge in [0.15, 0.2) is 0 Å². The Labute approximate surface area is 125 Å². The van der Waals surface area contributed by atoms with Gasteiger partial charge in [0.25, 0.3) is 0 Å². The Kier molecular flexibility index (Phi) is 6.65. The summed E-state index contributed by atoms with van der Waals surface area (Å²) in [5.74, 6) is -1.25. The van der Waals surface area contributed by atoms with E-state index in [-0.39, 0.29) is 16.8 Å². The smallest absolute Gasteiger partial charge is 0.315 e. The molecule has 0 saturated heterocycles. The van der Waals surface area contributed by atoms with Crippen molar-refractivity contribution in [3.05, 3.63) is 0 Å². The third-order valence-electron chi connectivity index (χ3n) is 4.44. The van der Waals surface area contributed by atoms with Gasteiger partial charge in [0.2, 0.25) is 0 Å². The lowest BCUT2D eigenvalue weighted by molar-refractivity contribution is -0.142. The predicted molar refractivity (Wildman–Crippen MR) is 82.1 cm³/mol. The van der Waals surface area contributed by atoms with E-state index in [1.54, 1.807) is 11.8 Å². The number of amides is 2. The van der Waals surface area contributed by atoms with Crippen LogP contribution in [0.5, 0.6) is 0 Å². The van der Waals surface area contributed by atoms with Crippen molar-refractivity contribution in [1.82, 2.24) is 10.6 Å². The second kappa shape index (κ2) is 7.76. The minimum absolute atomic E-state index is 0.0687. The summed E-state index contributed by atoms with van der Waals surface area (Å²) in [7, 11) is 0. The number of hydrogen-bond acceptors (Lipinski definition) is 3. The van der Waals surface area contributed by atoms with Gasteiger partial charge in [-0.3, -0.25) is 4.79 Å². The maximum Gasteiger partial charge on any atom is 0.315 e. The molecular formula is C14H26N2O3S. The summed E-state index contributed by atoms with van der Waals surface area (Å²) in [6.07, 6.45) is 6.31. The number of carbonyl (C=O) groups is 2. The molecule has 0 heterocycles. The van der Waals surface area contributed by atoms with E-state index >= 15 is 0 Å². The van der Waals surface area contributed by atoms with E-state index < -0.39 is 11.9 Å². The Morgan fingerprint density at radius 3 is 2.45 bits per heavy atom. The molecule has 2 unspecified atom stereocenters. The molecule has 0 radical (unpaired) electrons. The number of carboxylic acid groups (broad SMARTS) is 1. The van der Waals surface area contributed by atoms with Crippen molar-refractivity contribution in [2.24, 2.45) is 5.92 Å². The van der Waals surface area contributed by atoms with Gasteiger partial charge in [0.1, 0.15) is 0 Å². The highest BCUT2D eigenvalue weighted by Gasteiger charge is 2.34. The number of aliphatic carboxylic acids is 1. The van der Waals surface area contributed by atoms with Gasteiger partial charge in [-0.2, -0.15) is 11.8 Å². The first kappa shape index (κ1) is 17.1. The van der Waals surface area contributed by atoms with E-state index in [0.717, 1.165) is 25.7 Å². The maximum atomic E-state index is 11.9. The summed E-state index contributed by atoms with van der Waals surface area (Å²) in [6, 6.07) is -0.483. The molecule has 1 saturated carbocycles. The van der Waals surface area contributed by atoms with Crippen LogP contribution in [0.1, 0.15) is 46.0 Å². The number of carbonyl (C=O) groups excluding carboxylic acids is 1. The van der Waals surface area contributed by atoms with Crippen LogP contribution < -0.4 is 10.6 Å². The minimum Gasteiger partial charge on any atom is -0.481 e. The highest BCUT2D eigenvalue weighted by Crippen LogP contribution is 2.29. The Morgan fingerprint density at radius 1 is 1.30 bits per heavy atom. The lowest BCUT2D eigenvalue weighted by atomic mass is 10.0. The molecule has 6 heteroatoms. The fourth-order valence-electron chi connectivity index (χ4n) is 2.75. The van der Waals surface area contributed by atoms with Crippen molar-refractivity contribution in [2.45, 2.75) is 56.7 Å². The van der Waals surface area contributed by atoms with Crippen LogP contribution in [0, 0.1) is 5.92 Å². The fraction of sp³-hybridized carbons (Fsp3) is 0.857. The third kappa shape index (κ3) is 4.30. The second-order valence-electron chi connectivity index (χ2n) is 5.40.